The fourth-order valence-electron chi connectivity index (χ4n) is 2.80. The zero-order valence-corrected chi connectivity index (χ0v) is 18.4. The van der Waals surface area contributed by atoms with Gasteiger partial charge >= 0.3 is 0 Å². The van der Waals surface area contributed by atoms with E-state index in [1.807, 2.05) is 0 Å². The number of carbonyl (C=O) groups excluding carboxylic acids is 3. The first-order valence-corrected chi connectivity index (χ1v) is 10.7. The maximum absolute atomic E-state index is 12.9. The second kappa shape index (κ2) is 8.68. The number of anilines is 3. The van der Waals surface area contributed by atoms with Gasteiger partial charge in [0.1, 0.15) is 10.7 Å². The first-order valence-electron chi connectivity index (χ1n) is 8.66. The van der Waals surface area contributed by atoms with Crippen molar-refractivity contribution in [1.29, 1.82) is 0 Å². The van der Waals surface area contributed by atoms with Gasteiger partial charge in [0.05, 0.1) is 10.7 Å². The average molecular weight is 494 g/mol. The second-order valence-corrected chi connectivity index (χ2v) is 8.34. The topological polar surface area (TPSA) is 91.4 Å². The molecule has 0 bridgehead atoms. The Labute approximate surface area is 195 Å². The molecule has 0 saturated carbocycles. The molecule has 2 heterocycles. The molecule has 4 rings (SSSR count). The number of aromatic nitrogens is 1. The molecular formula is C20H11Cl3N4O3S. The standard InChI is InChI=1S/C20H11Cl3N4O3S/c21-11-3-6-14(13(22)9-11)27-18(29)15(23)16(19(27)30)25-12-4-1-10(2-5-12)17(28)26-20-24-7-8-31-20/h1-9,25H,(H,24,26,28). The molecule has 0 spiro atoms. The number of hydrogen-bond donors (Lipinski definition) is 2. The smallest absolute Gasteiger partial charge is 0.283 e. The molecule has 0 aliphatic carbocycles. The molecule has 156 valence electrons. The highest BCUT2D eigenvalue weighted by Gasteiger charge is 2.39. The highest BCUT2D eigenvalue weighted by Crippen LogP contribution is 2.35. The van der Waals surface area contributed by atoms with E-state index < -0.39 is 11.8 Å². The number of nitrogens with zero attached hydrogens (tertiary/aromatic N) is 2. The van der Waals surface area contributed by atoms with Crippen LogP contribution in [0.3, 0.4) is 0 Å². The zero-order valence-electron chi connectivity index (χ0n) is 15.4. The molecule has 3 amide bonds. The minimum Gasteiger partial charge on any atom is -0.350 e. The van der Waals surface area contributed by atoms with Crippen molar-refractivity contribution in [2.24, 2.45) is 0 Å². The van der Waals surface area contributed by atoms with Crippen LogP contribution in [-0.2, 0) is 9.59 Å². The van der Waals surface area contributed by atoms with Crippen LogP contribution in [0, 0.1) is 0 Å². The summed E-state index contributed by atoms with van der Waals surface area (Å²) in [6, 6.07) is 10.7. The van der Waals surface area contributed by atoms with Gasteiger partial charge in [-0.1, -0.05) is 34.8 Å². The van der Waals surface area contributed by atoms with Crippen LogP contribution in [0.2, 0.25) is 10.0 Å². The van der Waals surface area contributed by atoms with Crippen molar-refractivity contribution in [3.8, 4) is 0 Å². The van der Waals surface area contributed by atoms with E-state index in [9.17, 15) is 14.4 Å². The minimum atomic E-state index is -0.710. The summed E-state index contributed by atoms with van der Waals surface area (Å²) in [6.07, 6.45) is 1.59. The molecule has 3 aromatic rings. The molecule has 2 N–H and O–H groups in total. The Kier molecular flexibility index (Phi) is 5.97. The quantitative estimate of drug-likeness (QED) is 0.480. The molecule has 0 unspecified atom stereocenters. The van der Waals surface area contributed by atoms with E-state index in [2.05, 4.69) is 15.6 Å². The number of carbonyl (C=O) groups is 3. The largest absolute Gasteiger partial charge is 0.350 e. The Morgan fingerprint density at radius 3 is 2.39 bits per heavy atom. The Morgan fingerprint density at radius 1 is 1.00 bits per heavy atom. The summed E-state index contributed by atoms with van der Waals surface area (Å²) in [5, 5.41) is 7.97. The van der Waals surface area contributed by atoms with Gasteiger partial charge in [-0.3, -0.25) is 19.7 Å². The summed E-state index contributed by atoms with van der Waals surface area (Å²) >= 11 is 19.5. The molecule has 2 aromatic carbocycles. The molecule has 1 aliphatic heterocycles. The molecule has 1 aromatic heterocycles. The summed E-state index contributed by atoms with van der Waals surface area (Å²) in [4.78, 5) is 42.6. The van der Waals surface area contributed by atoms with Crippen molar-refractivity contribution in [1.82, 2.24) is 4.98 Å². The van der Waals surface area contributed by atoms with Gasteiger partial charge in [-0.15, -0.1) is 11.3 Å². The van der Waals surface area contributed by atoms with E-state index in [0.717, 1.165) is 4.90 Å². The Hall–Kier alpha value is -2.91. The Bertz CT molecular complexity index is 1230. The van der Waals surface area contributed by atoms with Crippen molar-refractivity contribution in [3.63, 3.8) is 0 Å². The summed E-state index contributed by atoms with van der Waals surface area (Å²) < 4.78 is 0. The Morgan fingerprint density at radius 2 is 1.74 bits per heavy atom. The lowest BCUT2D eigenvalue weighted by Crippen LogP contribution is -2.32. The molecule has 0 fully saturated rings. The number of amides is 3. The van der Waals surface area contributed by atoms with Crippen molar-refractivity contribution in [3.05, 3.63) is 80.4 Å². The van der Waals surface area contributed by atoms with E-state index in [0.29, 0.717) is 21.4 Å². The first kappa shape index (κ1) is 21.3. The third-order valence-electron chi connectivity index (χ3n) is 4.25. The third-order valence-corrected chi connectivity index (χ3v) is 5.82. The van der Waals surface area contributed by atoms with E-state index in [1.54, 1.807) is 35.8 Å². The Balaban J connectivity index is 1.51. The van der Waals surface area contributed by atoms with Gasteiger partial charge < -0.3 is 5.32 Å². The predicted octanol–water partition coefficient (Wildman–Crippen LogP) is 5.14. The van der Waals surface area contributed by atoms with Crippen LogP contribution < -0.4 is 15.5 Å². The number of thiazole rings is 1. The van der Waals surface area contributed by atoms with Crippen molar-refractivity contribution >= 4 is 80.4 Å². The predicted molar refractivity (Wildman–Crippen MR) is 122 cm³/mol. The molecule has 0 radical (unpaired) electrons. The van der Waals surface area contributed by atoms with Gasteiger partial charge in [0.25, 0.3) is 17.7 Å². The van der Waals surface area contributed by atoms with Crippen molar-refractivity contribution < 1.29 is 14.4 Å². The number of nitrogens with one attached hydrogen (secondary N) is 2. The first-order chi connectivity index (χ1) is 14.8. The molecule has 31 heavy (non-hydrogen) atoms. The molecule has 0 saturated heterocycles. The van der Waals surface area contributed by atoms with Gasteiger partial charge in [-0.05, 0) is 42.5 Å². The van der Waals surface area contributed by atoms with Crippen molar-refractivity contribution in [2.45, 2.75) is 0 Å². The maximum Gasteiger partial charge on any atom is 0.283 e. The highest BCUT2D eigenvalue weighted by atomic mass is 35.5. The normalized spacial score (nSPS) is 13.7. The summed E-state index contributed by atoms with van der Waals surface area (Å²) in [5.41, 5.74) is 0.927. The number of benzene rings is 2. The number of hydrogen-bond acceptors (Lipinski definition) is 6. The summed E-state index contributed by atoms with van der Waals surface area (Å²) in [5.74, 6) is -1.70. The molecule has 0 atom stereocenters. The maximum atomic E-state index is 12.9. The van der Waals surface area contributed by atoms with Gasteiger partial charge in [-0.25, -0.2) is 9.88 Å². The fraction of sp³-hybridized carbons (Fsp3) is 0. The third kappa shape index (κ3) is 4.28. The average Bonchev–Trinajstić information content (AvgIpc) is 3.32. The molecule has 11 heteroatoms. The summed E-state index contributed by atoms with van der Waals surface area (Å²) in [7, 11) is 0. The van der Waals surface area contributed by atoms with Crippen LogP contribution in [0.5, 0.6) is 0 Å². The second-order valence-electron chi connectivity index (χ2n) is 6.22. The van der Waals surface area contributed by atoms with E-state index in [4.69, 9.17) is 34.8 Å². The van der Waals surface area contributed by atoms with E-state index in [-0.39, 0.29) is 27.3 Å². The van der Waals surface area contributed by atoms with Crippen molar-refractivity contribution in [2.75, 3.05) is 15.5 Å². The van der Waals surface area contributed by atoms with Gasteiger partial charge in [0.2, 0.25) is 0 Å². The van der Waals surface area contributed by atoms with Crippen LogP contribution in [-0.4, -0.2) is 22.7 Å². The van der Waals surface area contributed by atoms with Gasteiger partial charge in [0, 0.05) is 27.9 Å². The lowest BCUT2D eigenvalue weighted by molar-refractivity contribution is -0.120. The summed E-state index contributed by atoms with van der Waals surface area (Å²) in [6.45, 7) is 0. The number of imide groups is 1. The molecular weight excluding hydrogens is 483 g/mol. The van der Waals surface area contributed by atoms with E-state index >= 15 is 0 Å². The number of halogens is 3. The minimum absolute atomic E-state index is 0.0994. The van der Waals surface area contributed by atoms with Gasteiger partial charge in [0.15, 0.2) is 5.13 Å². The SMILES string of the molecule is O=C(Nc1nccs1)c1ccc(NC2=C(Cl)C(=O)N(c3ccc(Cl)cc3Cl)C2=O)cc1. The molecule has 7 nitrogen and oxygen atoms in total. The van der Waals surface area contributed by atoms with Gasteiger partial charge in [-0.2, -0.15) is 0 Å². The highest BCUT2D eigenvalue weighted by molar-refractivity contribution is 7.13. The van der Waals surface area contributed by atoms with Crippen LogP contribution in [0.25, 0.3) is 0 Å². The molecule has 1 aliphatic rings. The van der Waals surface area contributed by atoms with Crippen LogP contribution in [0.4, 0.5) is 16.5 Å². The number of rotatable bonds is 5. The van der Waals surface area contributed by atoms with Crippen LogP contribution in [0.15, 0.2) is 64.8 Å². The van der Waals surface area contributed by atoms with E-state index in [1.165, 1.54) is 29.5 Å². The fourth-order valence-corrected chi connectivity index (χ4v) is 4.03. The lowest BCUT2D eigenvalue weighted by Gasteiger charge is -2.16. The van der Waals surface area contributed by atoms with Crippen LogP contribution in [0.1, 0.15) is 10.4 Å². The monoisotopic (exact) mass is 492 g/mol. The lowest BCUT2D eigenvalue weighted by atomic mass is 10.2. The zero-order chi connectivity index (χ0) is 22.1. The van der Waals surface area contributed by atoms with Crippen LogP contribution >= 0.6 is 46.1 Å².